The van der Waals surface area contributed by atoms with Crippen molar-refractivity contribution >= 4 is 8.56 Å². The van der Waals surface area contributed by atoms with Crippen molar-refractivity contribution in [1.29, 1.82) is 0 Å². The van der Waals surface area contributed by atoms with Gasteiger partial charge >= 0.3 is 8.56 Å². The molecule has 0 bridgehead atoms. The van der Waals surface area contributed by atoms with E-state index in [1.807, 2.05) is 14.2 Å². The van der Waals surface area contributed by atoms with E-state index in [4.69, 9.17) is 8.85 Å². The fourth-order valence-electron chi connectivity index (χ4n) is 4.66. The van der Waals surface area contributed by atoms with Gasteiger partial charge in [0.2, 0.25) is 0 Å². The molecule has 3 atom stereocenters. The van der Waals surface area contributed by atoms with Crippen molar-refractivity contribution in [2.24, 2.45) is 11.3 Å². The van der Waals surface area contributed by atoms with Crippen molar-refractivity contribution in [2.75, 3.05) is 14.2 Å². The first-order chi connectivity index (χ1) is 8.93. The van der Waals surface area contributed by atoms with E-state index in [9.17, 15) is 0 Å². The lowest BCUT2D eigenvalue weighted by molar-refractivity contribution is 0.192. The molecule has 3 heteroatoms. The molecule has 0 aromatic rings. The highest BCUT2D eigenvalue weighted by Crippen LogP contribution is 2.55. The molecule has 0 amide bonds. The summed E-state index contributed by atoms with van der Waals surface area (Å²) in [4.78, 5) is 0. The van der Waals surface area contributed by atoms with Crippen LogP contribution in [0.3, 0.4) is 0 Å². The van der Waals surface area contributed by atoms with Gasteiger partial charge in [0, 0.05) is 25.3 Å². The average molecular weight is 285 g/mol. The van der Waals surface area contributed by atoms with Crippen LogP contribution in [0.1, 0.15) is 65.7 Å². The lowest BCUT2D eigenvalue weighted by atomic mass is 9.90. The van der Waals surface area contributed by atoms with Gasteiger partial charge in [-0.3, -0.25) is 0 Å². The zero-order valence-corrected chi connectivity index (χ0v) is 14.5. The summed E-state index contributed by atoms with van der Waals surface area (Å²) in [5.41, 5.74) is 1.90. The summed E-state index contributed by atoms with van der Waals surface area (Å²) in [7, 11) is 1.79. The molecule has 0 aromatic heterocycles. The highest BCUT2D eigenvalue weighted by Gasteiger charge is 2.54. The molecule has 0 radical (unpaired) electrons. The number of rotatable bonds is 4. The van der Waals surface area contributed by atoms with Gasteiger partial charge in [0.1, 0.15) is 0 Å². The second kappa shape index (κ2) is 5.86. The van der Waals surface area contributed by atoms with Crippen molar-refractivity contribution in [1.82, 2.24) is 0 Å². The van der Waals surface area contributed by atoms with Crippen molar-refractivity contribution in [3.05, 3.63) is 0 Å². The Morgan fingerprint density at radius 1 is 1.00 bits per heavy atom. The Balaban J connectivity index is 2.17. The SMILES string of the molecule is CO[Si](OC)(C1CCCC(C)C1)C1CCC(C)(C)C1. The summed E-state index contributed by atoms with van der Waals surface area (Å²) in [6.07, 6.45) is 9.35. The van der Waals surface area contributed by atoms with Gasteiger partial charge in [0.15, 0.2) is 0 Å². The quantitative estimate of drug-likeness (QED) is 0.685. The Labute approximate surface area is 120 Å². The summed E-state index contributed by atoms with van der Waals surface area (Å²) in [6.45, 7) is 7.21. The standard InChI is InChI=1S/C16H32O2Si/c1-13-7-6-8-14(11-13)19(17-4,18-5)15-9-10-16(2,3)12-15/h13-15H,6-12H2,1-5H3. The summed E-state index contributed by atoms with van der Waals surface area (Å²) < 4.78 is 12.3. The van der Waals surface area contributed by atoms with E-state index in [2.05, 4.69) is 20.8 Å². The molecule has 0 heterocycles. The van der Waals surface area contributed by atoms with E-state index in [1.54, 1.807) is 0 Å². The minimum absolute atomic E-state index is 0.486. The van der Waals surface area contributed by atoms with E-state index in [1.165, 1.54) is 44.9 Å². The molecule has 0 N–H and O–H groups in total. The molecule has 0 aromatic carbocycles. The van der Waals surface area contributed by atoms with E-state index in [0.29, 0.717) is 16.5 Å². The van der Waals surface area contributed by atoms with Gasteiger partial charge < -0.3 is 8.85 Å². The van der Waals surface area contributed by atoms with Gasteiger partial charge in [-0.05, 0) is 43.4 Å². The molecule has 2 saturated carbocycles. The average Bonchev–Trinajstić information content (AvgIpc) is 2.73. The minimum Gasteiger partial charge on any atom is -0.397 e. The maximum Gasteiger partial charge on any atom is 0.344 e. The van der Waals surface area contributed by atoms with Gasteiger partial charge in [-0.25, -0.2) is 0 Å². The van der Waals surface area contributed by atoms with E-state index in [0.717, 1.165) is 5.92 Å². The first-order valence-corrected chi connectivity index (χ1v) is 10.0. The van der Waals surface area contributed by atoms with Crippen LogP contribution >= 0.6 is 0 Å². The van der Waals surface area contributed by atoms with Crippen LogP contribution in [0.2, 0.25) is 11.1 Å². The van der Waals surface area contributed by atoms with Crippen LogP contribution in [0.25, 0.3) is 0 Å². The van der Waals surface area contributed by atoms with Crippen LogP contribution < -0.4 is 0 Å². The van der Waals surface area contributed by atoms with Crippen LogP contribution in [0.15, 0.2) is 0 Å². The number of hydrogen-bond donors (Lipinski definition) is 0. The zero-order chi connectivity index (χ0) is 14.1. The van der Waals surface area contributed by atoms with Gasteiger partial charge in [-0.15, -0.1) is 0 Å². The predicted octanol–water partition coefficient (Wildman–Crippen LogP) is 4.88. The van der Waals surface area contributed by atoms with Crippen LogP contribution in [0.5, 0.6) is 0 Å². The maximum atomic E-state index is 6.17. The molecule has 112 valence electrons. The topological polar surface area (TPSA) is 18.5 Å². The molecule has 2 rings (SSSR count). The number of hydrogen-bond acceptors (Lipinski definition) is 2. The molecule has 0 aliphatic heterocycles. The highest BCUT2D eigenvalue weighted by atomic mass is 28.4. The molecule has 2 aliphatic rings. The predicted molar refractivity (Wildman–Crippen MR) is 82.5 cm³/mol. The minimum atomic E-state index is -2.04. The van der Waals surface area contributed by atoms with Crippen LogP contribution in [0.4, 0.5) is 0 Å². The fourth-order valence-corrected chi connectivity index (χ4v) is 9.55. The van der Waals surface area contributed by atoms with Gasteiger partial charge in [-0.1, -0.05) is 33.6 Å². The Morgan fingerprint density at radius 2 is 1.68 bits per heavy atom. The van der Waals surface area contributed by atoms with Crippen molar-refractivity contribution in [3.63, 3.8) is 0 Å². The summed E-state index contributed by atoms with van der Waals surface area (Å²) in [5, 5.41) is 0. The third-order valence-electron chi connectivity index (χ3n) is 5.68. The third-order valence-corrected chi connectivity index (χ3v) is 10.3. The molecule has 0 spiro atoms. The molecular formula is C16H32O2Si. The van der Waals surface area contributed by atoms with Crippen molar-refractivity contribution < 1.29 is 8.85 Å². The second-order valence-electron chi connectivity index (χ2n) is 7.70. The van der Waals surface area contributed by atoms with Crippen LogP contribution in [-0.2, 0) is 8.85 Å². The van der Waals surface area contributed by atoms with Gasteiger partial charge in [0.05, 0.1) is 0 Å². The lowest BCUT2D eigenvalue weighted by Crippen LogP contribution is -2.50. The molecule has 19 heavy (non-hydrogen) atoms. The van der Waals surface area contributed by atoms with E-state index in [-0.39, 0.29) is 0 Å². The van der Waals surface area contributed by atoms with Gasteiger partial charge in [0.25, 0.3) is 0 Å². The molecule has 0 saturated heterocycles. The third kappa shape index (κ3) is 3.08. The smallest absolute Gasteiger partial charge is 0.344 e. The lowest BCUT2D eigenvalue weighted by Gasteiger charge is -2.43. The highest BCUT2D eigenvalue weighted by molar-refractivity contribution is 6.70. The van der Waals surface area contributed by atoms with E-state index >= 15 is 0 Å². The molecule has 3 unspecified atom stereocenters. The molecule has 2 nitrogen and oxygen atoms in total. The fraction of sp³-hybridized carbons (Fsp3) is 1.00. The van der Waals surface area contributed by atoms with Gasteiger partial charge in [-0.2, -0.15) is 0 Å². The summed E-state index contributed by atoms with van der Waals surface area (Å²) in [6, 6.07) is 0. The molecule has 2 aliphatic carbocycles. The Kier molecular flexibility index (Phi) is 4.79. The Bertz CT molecular complexity index is 295. The summed E-state index contributed by atoms with van der Waals surface area (Å²) in [5.74, 6) is 0.852. The van der Waals surface area contributed by atoms with Crippen LogP contribution in [-0.4, -0.2) is 22.8 Å². The first kappa shape index (κ1) is 15.5. The second-order valence-corrected chi connectivity index (χ2v) is 11.6. The monoisotopic (exact) mass is 284 g/mol. The van der Waals surface area contributed by atoms with E-state index < -0.39 is 8.56 Å². The molecular weight excluding hydrogens is 252 g/mol. The van der Waals surface area contributed by atoms with Crippen molar-refractivity contribution in [2.45, 2.75) is 76.8 Å². The maximum absolute atomic E-state index is 6.17. The molecule has 2 fully saturated rings. The Morgan fingerprint density at radius 3 is 2.16 bits per heavy atom. The first-order valence-electron chi connectivity index (χ1n) is 8.04. The largest absolute Gasteiger partial charge is 0.397 e. The van der Waals surface area contributed by atoms with Crippen molar-refractivity contribution in [3.8, 4) is 0 Å². The Hall–Kier alpha value is 0.137. The normalized spacial score (nSPS) is 35.5. The zero-order valence-electron chi connectivity index (χ0n) is 13.5. The van der Waals surface area contributed by atoms with Crippen LogP contribution in [0, 0.1) is 11.3 Å². The summed E-state index contributed by atoms with van der Waals surface area (Å²) >= 11 is 0.